The summed E-state index contributed by atoms with van der Waals surface area (Å²) in [7, 11) is 1.14. The fourth-order valence-corrected chi connectivity index (χ4v) is 2.36. The summed E-state index contributed by atoms with van der Waals surface area (Å²) >= 11 is 4.78. The highest BCUT2D eigenvalue weighted by molar-refractivity contribution is 14.1. The van der Waals surface area contributed by atoms with Gasteiger partial charge in [0.1, 0.15) is 0 Å². The SMILES string of the molecule is COC(=O)c1c(I)cnc(OC(F)(F)F)c1CBr. The molecule has 0 radical (unpaired) electrons. The van der Waals surface area contributed by atoms with Crippen molar-refractivity contribution in [3.63, 3.8) is 0 Å². The summed E-state index contributed by atoms with van der Waals surface area (Å²) in [4.78, 5) is 15.0. The zero-order chi connectivity index (χ0) is 13.9. The Hall–Kier alpha value is -0.580. The normalized spacial score (nSPS) is 11.2. The third kappa shape index (κ3) is 3.70. The van der Waals surface area contributed by atoms with E-state index in [1.165, 1.54) is 0 Å². The predicted octanol–water partition coefficient (Wildman–Crippen LogP) is 3.27. The molecule has 0 aliphatic carbocycles. The maximum Gasteiger partial charge on any atom is 0.574 e. The Labute approximate surface area is 122 Å². The molecule has 1 aromatic rings. The molecular weight excluding hydrogens is 434 g/mol. The molecule has 0 amide bonds. The van der Waals surface area contributed by atoms with Gasteiger partial charge in [0, 0.05) is 20.7 Å². The number of carbonyl (C=O) groups excluding carboxylic acids is 1. The Bertz CT molecular complexity index is 467. The number of nitrogens with zero attached hydrogens (tertiary/aromatic N) is 1. The zero-order valence-corrected chi connectivity index (χ0v) is 12.6. The first-order valence-corrected chi connectivity index (χ1v) is 6.57. The highest BCUT2D eigenvalue weighted by Crippen LogP contribution is 2.30. The molecule has 0 aromatic carbocycles. The van der Waals surface area contributed by atoms with Gasteiger partial charge in [0.25, 0.3) is 0 Å². The van der Waals surface area contributed by atoms with Gasteiger partial charge in [0.15, 0.2) is 0 Å². The molecule has 0 bridgehead atoms. The molecule has 0 aliphatic rings. The first-order chi connectivity index (χ1) is 8.30. The second kappa shape index (κ2) is 6.04. The summed E-state index contributed by atoms with van der Waals surface area (Å²) in [5, 5.41) is -0.0211. The van der Waals surface area contributed by atoms with Gasteiger partial charge in [-0.3, -0.25) is 0 Å². The summed E-state index contributed by atoms with van der Waals surface area (Å²) in [6.45, 7) is 0. The van der Waals surface area contributed by atoms with E-state index in [0.29, 0.717) is 3.57 Å². The average molecular weight is 440 g/mol. The van der Waals surface area contributed by atoms with E-state index in [1.807, 2.05) is 0 Å². The van der Waals surface area contributed by atoms with Gasteiger partial charge in [-0.2, -0.15) is 0 Å². The molecule has 1 aromatic heterocycles. The number of hydrogen-bond donors (Lipinski definition) is 0. The Kier molecular flexibility index (Phi) is 5.20. The van der Waals surface area contributed by atoms with Crippen LogP contribution in [0.25, 0.3) is 0 Å². The second-order valence-corrected chi connectivity index (χ2v) is 4.66. The van der Waals surface area contributed by atoms with Gasteiger partial charge in [-0.25, -0.2) is 9.78 Å². The van der Waals surface area contributed by atoms with Crippen molar-refractivity contribution in [1.82, 2.24) is 4.98 Å². The maximum atomic E-state index is 12.2. The van der Waals surface area contributed by atoms with E-state index in [4.69, 9.17) is 0 Å². The third-order valence-electron chi connectivity index (χ3n) is 1.83. The Morgan fingerprint density at radius 3 is 2.61 bits per heavy atom. The lowest BCUT2D eigenvalue weighted by Gasteiger charge is -2.14. The third-order valence-corrected chi connectivity index (χ3v) is 3.21. The van der Waals surface area contributed by atoms with Crippen molar-refractivity contribution in [2.24, 2.45) is 0 Å². The van der Waals surface area contributed by atoms with E-state index in [9.17, 15) is 18.0 Å². The van der Waals surface area contributed by atoms with Crippen LogP contribution >= 0.6 is 38.5 Å². The Balaban J connectivity index is 3.34. The Morgan fingerprint density at radius 2 is 2.17 bits per heavy atom. The minimum atomic E-state index is -4.87. The van der Waals surface area contributed by atoms with Crippen LogP contribution in [0.3, 0.4) is 0 Å². The topological polar surface area (TPSA) is 48.4 Å². The van der Waals surface area contributed by atoms with Gasteiger partial charge in [-0.15, -0.1) is 13.2 Å². The van der Waals surface area contributed by atoms with E-state index in [0.717, 1.165) is 13.3 Å². The fourth-order valence-electron chi connectivity index (χ4n) is 1.15. The van der Waals surface area contributed by atoms with Crippen molar-refractivity contribution in [3.8, 4) is 5.88 Å². The van der Waals surface area contributed by atoms with Gasteiger partial charge in [0.05, 0.1) is 12.7 Å². The quantitative estimate of drug-likeness (QED) is 0.412. The molecular formula is C9H6BrF3INO3. The van der Waals surface area contributed by atoms with Crippen molar-refractivity contribution in [2.75, 3.05) is 7.11 Å². The van der Waals surface area contributed by atoms with Crippen molar-refractivity contribution >= 4 is 44.5 Å². The number of aromatic nitrogens is 1. The number of ether oxygens (including phenoxy) is 2. The summed E-state index contributed by atoms with van der Waals surface area (Å²) in [5.41, 5.74) is -0.00435. The number of rotatable bonds is 3. The number of pyridine rings is 1. The minimum absolute atomic E-state index is 0.00391. The summed E-state index contributed by atoms with van der Waals surface area (Å²) in [6, 6.07) is 0. The molecule has 4 nitrogen and oxygen atoms in total. The first kappa shape index (κ1) is 15.5. The van der Waals surface area contributed by atoms with Gasteiger partial charge in [-0.05, 0) is 22.6 Å². The largest absolute Gasteiger partial charge is 0.574 e. The fraction of sp³-hybridized carbons (Fsp3) is 0.333. The van der Waals surface area contributed by atoms with E-state index in [-0.39, 0.29) is 16.5 Å². The summed E-state index contributed by atoms with van der Waals surface area (Å²) < 4.78 is 45.2. The average Bonchev–Trinajstić information content (AvgIpc) is 2.28. The van der Waals surface area contributed by atoms with Gasteiger partial charge < -0.3 is 9.47 Å². The number of methoxy groups -OCH3 is 1. The van der Waals surface area contributed by atoms with Crippen molar-refractivity contribution in [2.45, 2.75) is 11.7 Å². The lowest BCUT2D eigenvalue weighted by molar-refractivity contribution is -0.276. The molecule has 1 heterocycles. The monoisotopic (exact) mass is 439 g/mol. The maximum absolute atomic E-state index is 12.2. The number of hydrogen-bond acceptors (Lipinski definition) is 4. The Morgan fingerprint density at radius 1 is 1.56 bits per heavy atom. The van der Waals surface area contributed by atoms with Gasteiger partial charge in [0.2, 0.25) is 5.88 Å². The molecule has 0 aliphatic heterocycles. The van der Waals surface area contributed by atoms with Crippen LogP contribution in [-0.4, -0.2) is 24.4 Å². The molecule has 0 atom stereocenters. The molecule has 18 heavy (non-hydrogen) atoms. The highest BCUT2D eigenvalue weighted by atomic mass is 127. The van der Waals surface area contributed by atoms with E-state index in [1.54, 1.807) is 22.6 Å². The molecule has 0 unspecified atom stereocenters. The molecule has 100 valence electrons. The molecule has 0 spiro atoms. The molecule has 0 N–H and O–H groups in total. The van der Waals surface area contributed by atoms with Crippen LogP contribution in [0.4, 0.5) is 13.2 Å². The molecule has 0 saturated heterocycles. The van der Waals surface area contributed by atoms with E-state index < -0.39 is 18.2 Å². The summed E-state index contributed by atoms with van der Waals surface area (Å²) in [6.07, 6.45) is -3.76. The zero-order valence-electron chi connectivity index (χ0n) is 8.85. The lowest BCUT2D eigenvalue weighted by Crippen LogP contribution is -2.20. The number of alkyl halides is 4. The van der Waals surface area contributed by atoms with Crippen LogP contribution in [0.2, 0.25) is 0 Å². The first-order valence-electron chi connectivity index (χ1n) is 4.37. The van der Waals surface area contributed by atoms with E-state index >= 15 is 0 Å². The van der Waals surface area contributed by atoms with Crippen LogP contribution in [0, 0.1) is 3.57 Å². The molecule has 0 fully saturated rings. The van der Waals surface area contributed by atoms with Crippen LogP contribution in [0.5, 0.6) is 5.88 Å². The van der Waals surface area contributed by atoms with E-state index in [2.05, 4.69) is 30.4 Å². The standard InChI is InChI=1S/C9H6BrF3INO3/c1-17-8(16)6-4(2-10)7(15-3-5(6)14)18-9(11,12)13/h3H,2H2,1H3. The summed E-state index contributed by atoms with van der Waals surface area (Å²) in [5.74, 6) is -1.41. The molecule has 1 rings (SSSR count). The van der Waals surface area contributed by atoms with Crippen LogP contribution in [-0.2, 0) is 10.1 Å². The van der Waals surface area contributed by atoms with Crippen molar-refractivity contribution in [3.05, 3.63) is 20.9 Å². The number of carbonyl (C=O) groups is 1. The minimum Gasteiger partial charge on any atom is -0.465 e. The predicted molar refractivity (Wildman–Crippen MR) is 67.6 cm³/mol. The van der Waals surface area contributed by atoms with Crippen LogP contribution in [0.15, 0.2) is 6.20 Å². The molecule has 9 heteroatoms. The second-order valence-electron chi connectivity index (χ2n) is 2.94. The van der Waals surface area contributed by atoms with Gasteiger partial charge >= 0.3 is 12.3 Å². The highest BCUT2D eigenvalue weighted by Gasteiger charge is 2.34. The number of esters is 1. The van der Waals surface area contributed by atoms with Crippen LogP contribution in [0.1, 0.15) is 15.9 Å². The van der Waals surface area contributed by atoms with Crippen molar-refractivity contribution < 1.29 is 27.4 Å². The molecule has 0 saturated carbocycles. The van der Waals surface area contributed by atoms with Gasteiger partial charge in [-0.1, -0.05) is 15.9 Å². The smallest absolute Gasteiger partial charge is 0.465 e. The number of halogens is 5. The lowest BCUT2D eigenvalue weighted by atomic mass is 10.1. The van der Waals surface area contributed by atoms with Crippen molar-refractivity contribution in [1.29, 1.82) is 0 Å². The van der Waals surface area contributed by atoms with Crippen LogP contribution < -0.4 is 4.74 Å².